The first kappa shape index (κ1) is 21.8. The van der Waals surface area contributed by atoms with Gasteiger partial charge in [0.25, 0.3) is 11.8 Å². The van der Waals surface area contributed by atoms with Crippen LogP contribution in [0.2, 0.25) is 0 Å². The molecule has 1 aromatic heterocycles. The number of piperazine rings is 1. The summed E-state index contributed by atoms with van der Waals surface area (Å²) in [6.07, 6.45) is 3.32. The van der Waals surface area contributed by atoms with Crippen molar-refractivity contribution in [2.75, 3.05) is 19.6 Å². The van der Waals surface area contributed by atoms with Crippen molar-refractivity contribution in [3.8, 4) is 5.75 Å². The number of carbonyl (C=O) groups is 2. The van der Waals surface area contributed by atoms with Gasteiger partial charge in [0.2, 0.25) is 5.43 Å². The molecule has 2 amide bonds. The predicted molar refractivity (Wildman–Crippen MR) is 127 cm³/mol. The molecule has 2 aromatic rings. The third-order valence-electron chi connectivity index (χ3n) is 6.91. The molecule has 9 nitrogen and oxygen atoms in total. The van der Waals surface area contributed by atoms with Gasteiger partial charge in [-0.3, -0.25) is 24.3 Å². The van der Waals surface area contributed by atoms with Gasteiger partial charge in [0.15, 0.2) is 11.4 Å². The number of pyridine rings is 1. The molecule has 0 aliphatic carbocycles. The van der Waals surface area contributed by atoms with Crippen LogP contribution in [0.4, 0.5) is 0 Å². The van der Waals surface area contributed by atoms with E-state index in [2.05, 4.69) is 21.9 Å². The number of hydrogen-bond donors (Lipinski definition) is 1. The second-order valence-electron chi connectivity index (χ2n) is 8.77. The van der Waals surface area contributed by atoms with E-state index in [4.69, 9.17) is 4.52 Å². The molecule has 1 aromatic carbocycles. The van der Waals surface area contributed by atoms with E-state index in [1.165, 1.54) is 6.20 Å². The molecule has 3 atom stereocenters. The minimum Gasteiger partial charge on any atom is -0.474 e. The molecule has 1 unspecified atom stereocenters. The third kappa shape index (κ3) is 3.56. The molecule has 3 aliphatic heterocycles. The summed E-state index contributed by atoms with van der Waals surface area (Å²) in [5.41, 5.74) is -0.0788. The Balaban J connectivity index is 1.53. The standard InChI is InChI=1S/C23H26N5O4P/c1-24-23-8-5-9-28(23)16-11-26-13-17(21(30)25-10-15-6-3-2-4-7-15)19(29)20(32-33)18(26)22(31)27(12-16)14-23/h2-4,6-7,13,16H,1,5,8-12,14,33H2,(H,25,30)/t16-,23+/m0/s1. The minimum atomic E-state index is -0.607. The molecule has 2 fully saturated rings. The second kappa shape index (κ2) is 8.39. The molecule has 4 heterocycles. The molecular weight excluding hydrogens is 441 g/mol. The summed E-state index contributed by atoms with van der Waals surface area (Å²) in [6.45, 7) is 6.36. The molecule has 5 rings (SSSR count). The summed E-state index contributed by atoms with van der Waals surface area (Å²) in [4.78, 5) is 48.1. The van der Waals surface area contributed by atoms with Gasteiger partial charge in [-0.15, -0.1) is 0 Å². The zero-order valence-electron chi connectivity index (χ0n) is 18.2. The Bertz CT molecular complexity index is 1180. The monoisotopic (exact) mass is 467 g/mol. The van der Waals surface area contributed by atoms with Gasteiger partial charge in [-0.2, -0.15) is 0 Å². The van der Waals surface area contributed by atoms with E-state index in [1.54, 1.807) is 9.47 Å². The topological polar surface area (TPSA) is 96.2 Å². The summed E-state index contributed by atoms with van der Waals surface area (Å²) in [5.74, 6) is -0.936. The normalized spacial score (nSPS) is 24.0. The zero-order valence-corrected chi connectivity index (χ0v) is 19.4. The van der Waals surface area contributed by atoms with Crippen LogP contribution in [0.15, 0.2) is 46.3 Å². The number of nitrogens with one attached hydrogen (secondary N) is 1. The average Bonchev–Trinajstić information content (AvgIpc) is 3.24. The van der Waals surface area contributed by atoms with Crippen molar-refractivity contribution in [3.63, 3.8) is 0 Å². The van der Waals surface area contributed by atoms with Crippen LogP contribution in [-0.2, 0) is 13.1 Å². The van der Waals surface area contributed by atoms with Gasteiger partial charge < -0.3 is 19.3 Å². The average molecular weight is 467 g/mol. The lowest BCUT2D eigenvalue weighted by Crippen LogP contribution is -2.63. The fraction of sp³-hybridized carbons (Fsp3) is 0.391. The molecule has 2 saturated heterocycles. The summed E-state index contributed by atoms with van der Waals surface area (Å²) in [6, 6.07) is 9.45. The van der Waals surface area contributed by atoms with Crippen LogP contribution in [-0.4, -0.2) is 64.2 Å². The Kier molecular flexibility index (Phi) is 5.54. The van der Waals surface area contributed by atoms with Gasteiger partial charge in [0.1, 0.15) is 11.2 Å². The number of benzene rings is 1. The highest BCUT2D eigenvalue weighted by molar-refractivity contribution is 7.10. The smallest absolute Gasteiger partial charge is 0.274 e. The van der Waals surface area contributed by atoms with E-state index in [-0.39, 0.29) is 35.5 Å². The van der Waals surface area contributed by atoms with E-state index in [0.29, 0.717) is 19.6 Å². The van der Waals surface area contributed by atoms with E-state index in [1.807, 2.05) is 39.8 Å². The summed E-state index contributed by atoms with van der Waals surface area (Å²) in [5, 5.41) is 2.80. The lowest BCUT2D eigenvalue weighted by atomic mass is 10.0. The molecule has 0 radical (unpaired) electrons. The van der Waals surface area contributed by atoms with Crippen molar-refractivity contribution >= 4 is 28.0 Å². The highest BCUT2D eigenvalue weighted by Gasteiger charge is 2.51. The van der Waals surface area contributed by atoms with Crippen LogP contribution in [0, 0.1) is 0 Å². The molecular formula is C23H26N5O4P. The van der Waals surface area contributed by atoms with Gasteiger partial charge in [-0.25, -0.2) is 0 Å². The Morgan fingerprint density at radius 2 is 2.06 bits per heavy atom. The third-order valence-corrected chi connectivity index (χ3v) is 7.15. The van der Waals surface area contributed by atoms with Crippen molar-refractivity contribution in [2.24, 2.45) is 4.99 Å². The van der Waals surface area contributed by atoms with Crippen molar-refractivity contribution in [2.45, 2.75) is 37.6 Å². The van der Waals surface area contributed by atoms with Crippen LogP contribution >= 0.6 is 9.47 Å². The highest BCUT2D eigenvalue weighted by Crippen LogP contribution is 2.39. The second-order valence-corrected chi connectivity index (χ2v) is 9.00. The van der Waals surface area contributed by atoms with Crippen molar-refractivity contribution in [1.29, 1.82) is 0 Å². The molecule has 172 valence electrons. The van der Waals surface area contributed by atoms with Gasteiger partial charge in [0.05, 0.1) is 16.0 Å². The fourth-order valence-corrected chi connectivity index (χ4v) is 5.57. The van der Waals surface area contributed by atoms with Gasteiger partial charge in [0, 0.05) is 38.4 Å². The van der Waals surface area contributed by atoms with E-state index < -0.39 is 17.0 Å². The van der Waals surface area contributed by atoms with Gasteiger partial charge >= 0.3 is 0 Å². The van der Waals surface area contributed by atoms with E-state index >= 15 is 0 Å². The number of hydrogen-bond acceptors (Lipinski definition) is 6. The summed E-state index contributed by atoms with van der Waals surface area (Å²) in [7, 11) is 2.04. The lowest BCUT2D eigenvalue weighted by molar-refractivity contribution is -0.00575. The molecule has 33 heavy (non-hydrogen) atoms. The van der Waals surface area contributed by atoms with Crippen LogP contribution < -0.4 is 15.3 Å². The Morgan fingerprint density at radius 3 is 2.79 bits per heavy atom. The first-order valence-electron chi connectivity index (χ1n) is 11.0. The molecule has 10 heteroatoms. The number of aliphatic imine (C=N–C) groups is 1. The molecule has 0 saturated carbocycles. The number of aromatic nitrogens is 1. The lowest BCUT2D eigenvalue weighted by Gasteiger charge is -2.47. The largest absolute Gasteiger partial charge is 0.474 e. The zero-order chi connectivity index (χ0) is 23.2. The van der Waals surface area contributed by atoms with Crippen molar-refractivity contribution in [1.82, 2.24) is 19.7 Å². The number of rotatable bonds is 5. The number of nitrogens with zero attached hydrogens (tertiary/aromatic N) is 4. The Morgan fingerprint density at radius 1 is 1.27 bits per heavy atom. The number of amides is 2. The van der Waals surface area contributed by atoms with Crippen LogP contribution in [0.25, 0.3) is 0 Å². The van der Waals surface area contributed by atoms with E-state index in [0.717, 1.165) is 24.9 Å². The molecule has 2 bridgehead atoms. The van der Waals surface area contributed by atoms with Crippen LogP contribution in [0.3, 0.4) is 0 Å². The predicted octanol–water partition coefficient (Wildman–Crippen LogP) is 1.28. The first-order valence-corrected chi connectivity index (χ1v) is 11.4. The summed E-state index contributed by atoms with van der Waals surface area (Å²) >= 11 is 0. The van der Waals surface area contributed by atoms with E-state index in [9.17, 15) is 14.4 Å². The maximum absolute atomic E-state index is 13.5. The number of carbonyl (C=O) groups excluding carboxylic acids is 2. The highest BCUT2D eigenvalue weighted by atomic mass is 31.0. The molecule has 0 spiro atoms. The fourth-order valence-electron chi connectivity index (χ4n) is 5.36. The number of fused-ring (bicyclic) bond motifs is 5. The van der Waals surface area contributed by atoms with Gasteiger partial charge in [-0.05, 0) is 25.1 Å². The van der Waals surface area contributed by atoms with Crippen LogP contribution in [0.1, 0.15) is 39.3 Å². The first-order chi connectivity index (χ1) is 16.0. The van der Waals surface area contributed by atoms with Crippen molar-refractivity contribution < 1.29 is 14.1 Å². The van der Waals surface area contributed by atoms with Crippen LogP contribution in [0.5, 0.6) is 5.75 Å². The SMILES string of the molecule is C=N[C@]12CCCN1[C@@H]1CN(C2)C(=O)c2c(OP)c(=O)c(C(=O)NCc3ccccc3)cn2C1. The maximum Gasteiger partial charge on any atom is 0.274 e. The Hall–Kier alpha value is -3.03. The summed E-state index contributed by atoms with van der Waals surface area (Å²) < 4.78 is 7.02. The quantitative estimate of drug-likeness (QED) is 0.528. The van der Waals surface area contributed by atoms with Gasteiger partial charge in [-0.1, -0.05) is 30.3 Å². The van der Waals surface area contributed by atoms with Crippen molar-refractivity contribution in [3.05, 3.63) is 63.6 Å². The molecule has 3 aliphatic rings. The minimum absolute atomic E-state index is 0.00274. The maximum atomic E-state index is 13.5. The molecule has 1 N–H and O–H groups in total. The Labute approximate surface area is 193 Å².